The molecule has 0 aromatic heterocycles. The highest BCUT2D eigenvalue weighted by molar-refractivity contribution is 4.78. The molecule has 2 atom stereocenters. The van der Waals surface area contributed by atoms with Crippen molar-refractivity contribution in [2.24, 2.45) is 0 Å². The fraction of sp³-hybridized carbons (Fsp3) is 1.00. The van der Waals surface area contributed by atoms with Crippen LogP contribution in [-0.4, -0.2) is 49.8 Å². The number of hydrogen-bond acceptors (Lipinski definition) is 3. The summed E-state index contributed by atoms with van der Waals surface area (Å²) in [6.07, 6.45) is 9.68. The molecule has 0 saturated carbocycles. The summed E-state index contributed by atoms with van der Waals surface area (Å²) in [6.45, 7) is 8.23. The van der Waals surface area contributed by atoms with Crippen LogP contribution in [-0.2, 0) is 4.74 Å². The maximum atomic E-state index is 5.74. The van der Waals surface area contributed by atoms with Gasteiger partial charge in [0, 0.05) is 25.7 Å². The number of rotatable bonds is 8. The van der Waals surface area contributed by atoms with Crippen LogP contribution < -0.4 is 5.32 Å². The zero-order valence-corrected chi connectivity index (χ0v) is 12.0. The van der Waals surface area contributed by atoms with Crippen molar-refractivity contribution in [1.82, 2.24) is 10.2 Å². The lowest BCUT2D eigenvalue weighted by atomic mass is 10.1. The summed E-state index contributed by atoms with van der Waals surface area (Å²) in [6, 6.07) is 0.742. The molecule has 0 aromatic carbocycles. The van der Waals surface area contributed by atoms with Gasteiger partial charge in [-0.2, -0.15) is 0 Å². The normalized spacial score (nSPS) is 28.3. The van der Waals surface area contributed by atoms with Gasteiger partial charge in [0.1, 0.15) is 0 Å². The van der Waals surface area contributed by atoms with Crippen molar-refractivity contribution in [3.8, 4) is 0 Å². The van der Waals surface area contributed by atoms with Crippen LogP contribution in [0.4, 0.5) is 0 Å². The fourth-order valence-electron chi connectivity index (χ4n) is 3.10. The third-order valence-electron chi connectivity index (χ3n) is 4.26. The fourth-order valence-corrected chi connectivity index (χ4v) is 3.10. The lowest BCUT2D eigenvalue weighted by molar-refractivity contribution is 0.0904. The third kappa shape index (κ3) is 4.87. The minimum absolute atomic E-state index is 0.547. The Morgan fingerprint density at radius 1 is 1.22 bits per heavy atom. The molecule has 2 unspecified atom stereocenters. The van der Waals surface area contributed by atoms with Gasteiger partial charge in [-0.1, -0.05) is 13.3 Å². The van der Waals surface area contributed by atoms with Crippen molar-refractivity contribution in [3.05, 3.63) is 0 Å². The first-order valence-corrected chi connectivity index (χ1v) is 7.96. The molecule has 0 aromatic rings. The Kier molecular flexibility index (Phi) is 6.46. The number of nitrogens with one attached hydrogen (secondary N) is 1. The second-order valence-corrected chi connectivity index (χ2v) is 5.87. The Morgan fingerprint density at radius 3 is 2.83 bits per heavy atom. The van der Waals surface area contributed by atoms with Crippen LogP contribution in [0.15, 0.2) is 0 Å². The predicted molar refractivity (Wildman–Crippen MR) is 76.0 cm³/mol. The zero-order valence-electron chi connectivity index (χ0n) is 12.0. The van der Waals surface area contributed by atoms with Gasteiger partial charge in [-0.25, -0.2) is 0 Å². The smallest absolute Gasteiger partial charge is 0.0588 e. The van der Waals surface area contributed by atoms with Crippen LogP contribution in [0.2, 0.25) is 0 Å². The van der Waals surface area contributed by atoms with Gasteiger partial charge in [0.15, 0.2) is 0 Å². The van der Waals surface area contributed by atoms with Crippen molar-refractivity contribution in [1.29, 1.82) is 0 Å². The molecule has 1 N–H and O–H groups in total. The Bertz CT molecular complexity index is 211. The number of hydrogen-bond donors (Lipinski definition) is 1. The lowest BCUT2D eigenvalue weighted by Crippen LogP contribution is -2.39. The molecule has 0 spiro atoms. The standard InChI is InChI=1S/C15H30N2O/c1-2-3-10-17(13-14-6-4-9-16-14)11-8-15-7-5-12-18-15/h14-16H,2-13H2,1H3. The van der Waals surface area contributed by atoms with Crippen molar-refractivity contribution in [3.63, 3.8) is 0 Å². The third-order valence-corrected chi connectivity index (χ3v) is 4.26. The van der Waals surface area contributed by atoms with Crippen molar-refractivity contribution in [2.45, 2.75) is 64.0 Å². The van der Waals surface area contributed by atoms with E-state index in [1.165, 1.54) is 71.1 Å². The van der Waals surface area contributed by atoms with Crippen LogP contribution in [0.3, 0.4) is 0 Å². The molecular weight excluding hydrogens is 224 g/mol. The lowest BCUT2D eigenvalue weighted by Gasteiger charge is -2.26. The van der Waals surface area contributed by atoms with E-state index >= 15 is 0 Å². The molecule has 0 radical (unpaired) electrons. The first-order chi connectivity index (χ1) is 8.88. The summed E-state index contributed by atoms with van der Waals surface area (Å²) in [5.74, 6) is 0. The number of unbranched alkanes of at least 4 members (excludes halogenated alkanes) is 1. The van der Waals surface area contributed by atoms with Gasteiger partial charge in [-0.15, -0.1) is 0 Å². The molecule has 0 bridgehead atoms. The first-order valence-electron chi connectivity index (χ1n) is 7.96. The highest BCUT2D eigenvalue weighted by Crippen LogP contribution is 2.16. The average Bonchev–Trinajstić information content (AvgIpc) is 3.05. The molecule has 18 heavy (non-hydrogen) atoms. The van der Waals surface area contributed by atoms with Crippen LogP contribution >= 0.6 is 0 Å². The molecule has 2 aliphatic rings. The Hall–Kier alpha value is -0.120. The van der Waals surface area contributed by atoms with E-state index in [1.54, 1.807) is 0 Å². The van der Waals surface area contributed by atoms with E-state index in [1.807, 2.05) is 0 Å². The second-order valence-electron chi connectivity index (χ2n) is 5.87. The summed E-state index contributed by atoms with van der Waals surface area (Å²) in [4.78, 5) is 2.66. The largest absolute Gasteiger partial charge is 0.378 e. The Labute approximate surface area is 112 Å². The zero-order chi connectivity index (χ0) is 12.6. The van der Waals surface area contributed by atoms with Crippen LogP contribution in [0, 0.1) is 0 Å². The first kappa shape index (κ1) is 14.3. The van der Waals surface area contributed by atoms with Gasteiger partial charge in [0.25, 0.3) is 0 Å². The molecule has 2 rings (SSSR count). The highest BCUT2D eigenvalue weighted by atomic mass is 16.5. The molecule has 106 valence electrons. The van der Waals surface area contributed by atoms with Crippen LogP contribution in [0.5, 0.6) is 0 Å². The van der Waals surface area contributed by atoms with E-state index in [4.69, 9.17) is 4.74 Å². The van der Waals surface area contributed by atoms with E-state index in [-0.39, 0.29) is 0 Å². The van der Waals surface area contributed by atoms with Gasteiger partial charge in [-0.05, 0) is 51.6 Å². The van der Waals surface area contributed by atoms with Gasteiger partial charge < -0.3 is 15.0 Å². The molecule has 2 heterocycles. The maximum absolute atomic E-state index is 5.74. The van der Waals surface area contributed by atoms with Crippen molar-refractivity contribution >= 4 is 0 Å². The van der Waals surface area contributed by atoms with Crippen LogP contribution in [0.1, 0.15) is 51.9 Å². The van der Waals surface area contributed by atoms with Gasteiger partial charge >= 0.3 is 0 Å². The maximum Gasteiger partial charge on any atom is 0.0588 e. The summed E-state index contributed by atoms with van der Waals surface area (Å²) in [5.41, 5.74) is 0. The second kappa shape index (κ2) is 8.13. The topological polar surface area (TPSA) is 24.5 Å². The summed E-state index contributed by atoms with van der Waals surface area (Å²) in [5, 5.41) is 3.62. The van der Waals surface area contributed by atoms with E-state index in [0.717, 1.165) is 12.6 Å². The summed E-state index contributed by atoms with van der Waals surface area (Å²) < 4.78 is 5.74. The van der Waals surface area contributed by atoms with E-state index in [2.05, 4.69) is 17.1 Å². The monoisotopic (exact) mass is 254 g/mol. The minimum Gasteiger partial charge on any atom is -0.378 e. The molecule has 3 nitrogen and oxygen atoms in total. The van der Waals surface area contributed by atoms with Crippen LogP contribution in [0.25, 0.3) is 0 Å². The summed E-state index contributed by atoms with van der Waals surface area (Å²) in [7, 11) is 0. The molecule has 0 amide bonds. The molecule has 3 heteroatoms. The number of ether oxygens (including phenoxy) is 1. The molecule has 2 aliphatic heterocycles. The minimum atomic E-state index is 0.547. The van der Waals surface area contributed by atoms with E-state index in [0.29, 0.717) is 6.10 Å². The molecule has 2 saturated heterocycles. The molecule has 2 fully saturated rings. The van der Waals surface area contributed by atoms with Gasteiger partial charge in [-0.3, -0.25) is 0 Å². The van der Waals surface area contributed by atoms with Crippen molar-refractivity contribution in [2.75, 3.05) is 32.8 Å². The molecular formula is C15H30N2O. The van der Waals surface area contributed by atoms with Gasteiger partial charge in [0.2, 0.25) is 0 Å². The predicted octanol–water partition coefficient (Wildman–Crippen LogP) is 2.41. The Balaban J connectivity index is 1.68. The average molecular weight is 254 g/mol. The highest BCUT2D eigenvalue weighted by Gasteiger charge is 2.20. The van der Waals surface area contributed by atoms with Crippen molar-refractivity contribution < 1.29 is 4.74 Å². The number of nitrogens with zero attached hydrogens (tertiary/aromatic N) is 1. The quantitative estimate of drug-likeness (QED) is 0.720. The van der Waals surface area contributed by atoms with Gasteiger partial charge in [0.05, 0.1) is 6.10 Å². The van der Waals surface area contributed by atoms with E-state index < -0.39 is 0 Å². The molecule has 0 aliphatic carbocycles. The summed E-state index contributed by atoms with van der Waals surface area (Å²) >= 11 is 0. The SMILES string of the molecule is CCCCN(CCC1CCCO1)CC1CCCN1. The Morgan fingerprint density at radius 2 is 2.17 bits per heavy atom. The van der Waals surface area contributed by atoms with E-state index in [9.17, 15) is 0 Å².